The summed E-state index contributed by atoms with van der Waals surface area (Å²) in [4.78, 5) is 35.5. The van der Waals surface area contributed by atoms with Gasteiger partial charge in [-0.3, -0.25) is 9.59 Å². The van der Waals surface area contributed by atoms with Gasteiger partial charge in [0.15, 0.2) is 0 Å². The van der Waals surface area contributed by atoms with Gasteiger partial charge in [-0.1, -0.05) is 17.7 Å². The van der Waals surface area contributed by atoms with Crippen LogP contribution in [0.5, 0.6) is 0 Å². The summed E-state index contributed by atoms with van der Waals surface area (Å²) < 4.78 is 4.67. The molecule has 1 atom stereocenters. The fourth-order valence-corrected chi connectivity index (χ4v) is 2.39. The van der Waals surface area contributed by atoms with Crippen LogP contribution in [0.3, 0.4) is 0 Å². The molecule has 0 aliphatic heterocycles. The van der Waals surface area contributed by atoms with Crippen molar-refractivity contribution in [3.05, 3.63) is 35.4 Å². The van der Waals surface area contributed by atoms with E-state index in [1.807, 2.05) is 19.2 Å². The highest BCUT2D eigenvalue weighted by Crippen LogP contribution is 2.04. The van der Waals surface area contributed by atoms with Gasteiger partial charge in [0.05, 0.1) is 13.7 Å². The van der Waals surface area contributed by atoms with E-state index in [-0.39, 0.29) is 12.5 Å². The van der Waals surface area contributed by atoms with E-state index in [2.05, 4.69) is 15.4 Å². The largest absolute Gasteiger partial charge is 0.467 e. The highest BCUT2D eigenvalue weighted by Gasteiger charge is 2.21. The number of carbonyl (C=O) groups is 3. The summed E-state index contributed by atoms with van der Waals surface area (Å²) in [5.41, 5.74) is 1.45. The summed E-state index contributed by atoms with van der Waals surface area (Å²) in [6, 6.07) is 6.38. The van der Waals surface area contributed by atoms with Crippen molar-refractivity contribution in [2.45, 2.75) is 19.4 Å². The van der Waals surface area contributed by atoms with E-state index in [1.165, 1.54) is 7.11 Å². The molecule has 7 heteroatoms. The minimum Gasteiger partial charge on any atom is -0.467 e. The molecule has 0 saturated heterocycles. The smallest absolute Gasteiger partial charge is 0.328 e. The van der Waals surface area contributed by atoms with Crippen LogP contribution in [0.25, 0.3) is 0 Å². The van der Waals surface area contributed by atoms with Crippen LogP contribution in [0.15, 0.2) is 24.3 Å². The number of ether oxygens (including phenoxy) is 1. The molecular formula is C16H22N2O4S. The highest BCUT2D eigenvalue weighted by molar-refractivity contribution is 7.98. The van der Waals surface area contributed by atoms with Crippen molar-refractivity contribution >= 4 is 29.5 Å². The number of methoxy groups -OCH3 is 1. The Bertz CT molecular complexity index is 563. The second-order valence-electron chi connectivity index (χ2n) is 4.98. The fourth-order valence-electron chi connectivity index (χ4n) is 1.92. The lowest BCUT2D eigenvalue weighted by atomic mass is 10.1. The SMILES string of the molecule is COC(=O)[C@@H](CCSC)NC(=O)CNC(=O)c1cccc(C)c1. The highest BCUT2D eigenvalue weighted by atomic mass is 32.2. The molecule has 2 amide bonds. The van der Waals surface area contributed by atoms with Gasteiger partial charge < -0.3 is 15.4 Å². The van der Waals surface area contributed by atoms with Crippen molar-refractivity contribution in [2.24, 2.45) is 0 Å². The number of thioether (sulfide) groups is 1. The lowest BCUT2D eigenvalue weighted by Crippen LogP contribution is -2.46. The lowest BCUT2D eigenvalue weighted by Gasteiger charge is -2.16. The normalized spacial score (nSPS) is 11.4. The average Bonchev–Trinajstić information content (AvgIpc) is 2.55. The first-order chi connectivity index (χ1) is 11.0. The van der Waals surface area contributed by atoms with Crippen LogP contribution >= 0.6 is 11.8 Å². The monoisotopic (exact) mass is 338 g/mol. The third kappa shape index (κ3) is 6.73. The first-order valence-electron chi connectivity index (χ1n) is 7.19. The molecule has 0 bridgehead atoms. The molecule has 0 spiro atoms. The Morgan fingerprint density at radius 2 is 2.04 bits per heavy atom. The number of carbonyl (C=O) groups excluding carboxylic acids is 3. The van der Waals surface area contributed by atoms with Gasteiger partial charge >= 0.3 is 5.97 Å². The summed E-state index contributed by atoms with van der Waals surface area (Å²) in [6.45, 7) is 1.69. The van der Waals surface area contributed by atoms with Crippen molar-refractivity contribution in [3.8, 4) is 0 Å². The molecule has 0 aliphatic carbocycles. The molecule has 0 heterocycles. The maximum atomic E-state index is 12.0. The molecule has 126 valence electrons. The number of nitrogens with one attached hydrogen (secondary N) is 2. The summed E-state index contributed by atoms with van der Waals surface area (Å²) >= 11 is 1.57. The molecule has 0 aromatic heterocycles. The van der Waals surface area contributed by atoms with Gasteiger partial charge in [0, 0.05) is 5.56 Å². The molecule has 0 fully saturated rings. The maximum Gasteiger partial charge on any atom is 0.328 e. The van der Waals surface area contributed by atoms with E-state index >= 15 is 0 Å². The second kappa shape index (κ2) is 9.89. The van der Waals surface area contributed by atoms with Crippen molar-refractivity contribution in [3.63, 3.8) is 0 Å². The summed E-state index contributed by atoms with van der Waals surface area (Å²) in [5.74, 6) is -0.530. The van der Waals surface area contributed by atoms with Crippen LogP contribution in [0, 0.1) is 6.92 Å². The first-order valence-corrected chi connectivity index (χ1v) is 8.58. The van der Waals surface area contributed by atoms with Crippen molar-refractivity contribution < 1.29 is 19.1 Å². The van der Waals surface area contributed by atoms with Crippen LogP contribution in [0.2, 0.25) is 0 Å². The third-order valence-corrected chi connectivity index (χ3v) is 3.77. The minimum atomic E-state index is -0.698. The maximum absolute atomic E-state index is 12.0. The van der Waals surface area contributed by atoms with E-state index in [9.17, 15) is 14.4 Å². The van der Waals surface area contributed by atoms with E-state index in [1.54, 1.807) is 30.0 Å². The zero-order valence-corrected chi connectivity index (χ0v) is 14.4. The number of aryl methyl sites for hydroxylation is 1. The molecule has 0 radical (unpaired) electrons. The molecule has 0 saturated carbocycles. The van der Waals surface area contributed by atoms with Crippen LogP contribution < -0.4 is 10.6 Å². The molecule has 1 aromatic carbocycles. The lowest BCUT2D eigenvalue weighted by molar-refractivity contribution is -0.145. The van der Waals surface area contributed by atoms with Gasteiger partial charge in [-0.2, -0.15) is 11.8 Å². The Balaban J connectivity index is 2.51. The number of amides is 2. The molecule has 1 aromatic rings. The average molecular weight is 338 g/mol. The van der Waals surface area contributed by atoms with E-state index in [0.717, 1.165) is 11.3 Å². The Morgan fingerprint density at radius 1 is 1.30 bits per heavy atom. The van der Waals surface area contributed by atoms with Gasteiger partial charge in [0.25, 0.3) is 5.91 Å². The van der Waals surface area contributed by atoms with Gasteiger partial charge in [-0.05, 0) is 37.5 Å². The van der Waals surface area contributed by atoms with Gasteiger partial charge in [0.1, 0.15) is 6.04 Å². The Morgan fingerprint density at radius 3 is 2.65 bits per heavy atom. The molecule has 0 aliphatic rings. The summed E-state index contributed by atoms with van der Waals surface area (Å²) in [6.07, 6.45) is 2.39. The van der Waals surface area contributed by atoms with Gasteiger partial charge in [-0.15, -0.1) is 0 Å². The molecule has 23 heavy (non-hydrogen) atoms. The Kier molecular flexibility index (Phi) is 8.18. The topological polar surface area (TPSA) is 84.5 Å². The van der Waals surface area contributed by atoms with E-state index < -0.39 is 17.9 Å². The Hall–Kier alpha value is -2.02. The number of benzene rings is 1. The molecule has 1 rings (SSSR count). The van der Waals surface area contributed by atoms with Gasteiger partial charge in [0.2, 0.25) is 5.91 Å². The van der Waals surface area contributed by atoms with Crippen molar-refractivity contribution in [2.75, 3.05) is 25.7 Å². The number of esters is 1. The predicted octanol–water partition coefficient (Wildman–Crippen LogP) is 1.14. The van der Waals surface area contributed by atoms with Crippen LogP contribution in [0.4, 0.5) is 0 Å². The molecule has 6 nitrogen and oxygen atoms in total. The van der Waals surface area contributed by atoms with Crippen molar-refractivity contribution in [1.82, 2.24) is 10.6 Å². The quantitative estimate of drug-likeness (QED) is 0.694. The summed E-state index contributed by atoms with van der Waals surface area (Å²) in [7, 11) is 1.28. The van der Waals surface area contributed by atoms with Gasteiger partial charge in [-0.25, -0.2) is 4.79 Å². The van der Waals surface area contributed by atoms with Crippen LogP contribution in [0.1, 0.15) is 22.3 Å². The minimum absolute atomic E-state index is 0.195. The zero-order chi connectivity index (χ0) is 17.2. The number of rotatable bonds is 8. The van der Waals surface area contributed by atoms with Crippen LogP contribution in [-0.2, 0) is 14.3 Å². The molecule has 0 unspecified atom stereocenters. The predicted molar refractivity (Wildman–Crippen MR) is 90.5 cm³/mol. The fraction of sp³-hybridized carbons (Fsp3) is 0.438. The molecule has 2 N–H and O–H groups in total. The summed E-state index contributed by atoms with van der Waals surface area (Å²) in [5, 5.41) is 5.12. The second-order valence-corrected chi connectivity index (χ2v) is 5.96. The standard InChI is InChI=1S/C16H22N2O4S/c1-11-5-4-6-12(9-11)15(20)17-10-14(19)18-13(7-8-23-3)16(21)22-2/h4-6,9,13H,7-8,10H2,1-3H3,(H,17,20)(H,18,19)/t13-/m1/s1. The van der Waals surface area contributed by atoms with E-state index in [4.69, 9.17) is 0 Å². The van der Waals surface area contributed by atoms with Crippen LogP contribution in [-0.4, -0.2) is 49.5 Å². The zero-order valence-electron chi connectivity index (χ0n) is 13.5. The van der Waals surface area contributed by atoms with Crippen molar-refractivity contribution in [1.29, 1.82) is 0 Å². The third-order valence-electron chi connectivity index (χ3n) is 3.12. The molecular weight excluding hydrogens is 316 g/mol. The first kappa shape index (κ1) is 19.0. The van der Waals surface area contributed by atoms with E-state index in [0.29, 0.717) is 12.0 Å². The Labute approximate surface area is 140 Å². The number of hydrogen-bond donors (Lipinski definition) is 2. The number of hydrogen-bond acceptors (Lipinski definition) is 5.